The van der Waals surface area contributed by atoms with E-state index < -0.39 is 27.6 Å². The molecule has 0 saturated carbocycles. The molecular formula is C25H16Cl2F2N2O4S. The summed E-state index contributed by atoms with van der Waals surface area (Å²) in [5, 5.41) is 2.82. The van der Waals surface area contributed by atoms with Crippen molar-refractivity contribution in [1.82, 2.24) is 0 Å². The Balaban J connectivity index is 1.58. The van der Waals surface area contributed by atoms with Crippen LogP contribution in [0.3, 0.4) is 0 Å². The summed E-state index contributed by atoms with van der Waals surface area (Å²) in [6.45, 7) is 0. The molecule has 6 nitrogen and oxygen atoms in total. The molecule has 0 fully saturated rings. The van der Waals surface area contributed by atoms with Crippen LogP contribution >= 0.6 is 23.2 Å². The number of carbonyl (C=O) groups is 1. The highest BCUT2D eigenvalue weighted by molar-refractivity contribution is 7.92. The Bertz CT molecular complexity index is 1530. The summed E-state index contributed by atoms with van der Waals surface area (Å²) in [5.41, 5.74) is 0.344. The van der Waals surface area contributed by atoms with E-state index >= 15 is 0 Å². The van der Waals surface area contributed by atoms with Gasteiger partial charge >= 0.3 is 0 Å². The molecule has 2 N–H and O–H groups in total. The van der Waals surface area contributed by atoms with Crippen molar-refractivity contribution >= 4 is 50.5 Å². The smallest absolute Gasteiger partial charge is 0.261 e. The zero-order valence-electron chi connectivity index (χ0n) is 18.1. The zero-order valence-corrected chi connectivity index (χ0v) is 20.5. The molecule has 0 aliphatic carbocycles. The van der Waals surface area contributed by atoms with Crippen molar-refractivity contribution < 1.29 is 26.7 Å². The van der Waals surface area contributed by atoms with Gasteiger partial charge in [0.2, 0.25) is 0 Å². The van der Waals surface area contributed by atoms with Gasteiger partial charge in [-0.25, -0.2) is 17.2 Å². The molecule has 0 unspecified atom stereocenters. The molecule has 0 atom stereocenters. The third-order valence-corrected chi connectivity index (χ3v) is 6.91. The third kappa shape index (κ3) is 6.12. The maximum absolute atomic E-state index is 13.2. The molecule has 0 aliphatic heterocycles. The van der Waals surface area contributed by atoms with Gasteiger partial charge in [-0.3, -0.25) is 9.52 Å². The number of anilines is 2. The first kappa shape index (κ1) is 25.4. The van der Waals surface area contributed by atoms with Crippen LogP contribution < -0.4 is 14.8 Å². The second-order valence-electron chi connectivity index (χ2n) is 7.41. The normalized spacial score (nSPS) is 11.1. The lowest BCUT2D eigenvalue weighted by Crippen LogP contribution is -2.15. The molecule has 0 radical (unpaired) electrons. The summed E-state index contributed by atoms with van der Waals surface area (Å²) in [5.74, 6) is -1.32. The molecule has 4 aromatic rings. The predicted molar refractivity (Wildman–Crippen MR) is 135 cm³/mol. The number of hydrogen-bond acceptors (Lipinski definition) is 4. The Kier molecular flexibility index (Phi) is 7.44. The summed E-state index contributed by atoms with van der Waals surface area (Å²) in [6.07, 6.45) is 0. The number of halogens is 4. The highest BCUT2D eigenvalue weighted by Gasteiger charge is 2.19. The standard InChI is InChI=1S/C25H16Cl2F2N2O4S/c26-22-13-21(24(14-23(22)27)35-19-10-6-16(29)7-11-19)25(32)30-18-2-1-3-20(12-18)36(33,34)31-17-8-4-15(28)5-9-17/h1-14,31H,(H,30,32). The summed E-state index contributed by atoms with van der Waals surface area (Å²) in [6, 6.07) is 18.1. The molecule has 36 heavy (non-hydrogen) atoms. The number of sulfonamides is 1. The largest absolute Gasteiger partial charge is 0.456 e. The maximum atomic E-state index is 13.2. The molecule has 184 valence electrons. The number of carbonyl (C=O) groups excluding carboxylic acids is 1. The summed E-state index contributed by atoms with van der Waals surface area (Å²) < 4.78 is 59.9. The van der Waals surface area contributed by atoms with Crippen LogP contribution in [0.4, 0.5) is 20.2 Å². The molecule has 4 rings (SSSR count). The van der Waals surface area contributed by atoms with Crippen LogP contribution in [-0.2, 0) is 10.0 Å². The third-order valence-electron chi connectivity index (χ3n) is 4.81. The number of hydrogen-bond donors (Lipinski definition) is 2. The lowest BCUT2D eigenvalue weighted by atomic mass is 10.1. The van der Waals surface area contributed by atoms with E-state index in [9.17, 15) is 22.0 Å². The molecule has 0 bridgehead atoms. The molecule has 11 heteroatoms. The van der Waals surface area contributed by atoms with Crippen molar-refractivity contribution in [2.75, 3.05) is 10.0 Å². The van der Waals surface area contributed by atoms with Gasteiger partial charge in [-0.15, -0.1) is 0 Å². The fourth-order valence-electron chi connectivity index (χ4n) is 3.09. The first-order valence-electron chi connectivity index (χ1n) is 10.2. The molecule has 0 saturated heterocycles. The minimum Gasteiger partial charge on any atom is -0.456 e. The van der Waals surface area contributed by atoms with Gasteiger partial charge in [0.25, 0.3) is 15.9 Å². The molecule has 0 aliphatic rings. The molecular weight excluding hydrogens is 533 g/mol. The van der Waals surface area contributed by atoms with E-state index in [0.717, 1.165) is 12.1 Å². The van der Waals surface area contributed by atoms with Crippen molar-refractivity contribution in [1.29, 1.82) is 0 Å². The van der Waals surface area contributed by atoms with Crippen LogP contribution in [0.15, 0.2) is 89.8 Å². The number of amides is 1. The summed E-state index contributed by atoms with van der Waals surface area (Å²) in [7, 11) is -4.03. The van der Waals surface area contributed by atoms with Crippen molar-refractivity contribution in [2.24, 2.45) is 0 Å². The van der Waals surface area contributed by atoms with Gasteiger partial charge in [0.05, 0.1) is 20.5 Å². The fraction of sp³-hybridized carbons (Fsp3) is 0. The molecule has 4 aromatic carbocycles. The minimum atomic E-state index is -4.03. The van der Waals surface area contributed by atoms with Gasteiger partial charge in [-0.1, -0.05) is 29.3 Å². The van der Waals surface area contributed by atoms with Crippen LogP contribution in [0, 0.1) is 11.6 Å². The number of nitrogens with one attached hydrogen (secondary N) is 2. The van der Waals surface area contributed by atoms with Crippen molar-refractivity contribution in [2.45, 2.75) is 4.90 Å². The lowest BCUT2D eigenvalue weighted by molar-refractivity contribution is 0.102. The average molecular weight is 549 g/mol. The van der Waals surface area contributed by atoms with Crippen LogP contribution in [-0.4, -0.2) is 14.3 Å². The van der Waals surface area contributed by atoms with E-state index in [1.54, 1.807) is 0 Å². The van der Waals surface area contributed by atoms with Crippen molar-refractivity contribution in [3.05, 3.63) is 112 Å². The molecule has 0 spiro atoms. The lowest BCUT2D eigenvalue weighted by Gasteiger charge is -2.14. The average Bonchev–Trinajstić information content (AvgIpc) is 2.84. The van der Waals surface area contributed by atoms with Crippen LogP contribution in [0.5, 0.6) is 11.5 Å². The van der Waals surface area contributed by atoms with E-state index in [1.165, 1.54) is 72.8 Å². The maximum Gasteiger partial charge on any atom is 0.261 e. The predicted octanol–water partition coefficient (Wildman–Crippen LogP) is 7.12. The first-order chi connectivity index (χ1) is 17.1. The highest BCUT2D eigenvalue weighted by Crippen LogP contribution is 2.34. The van der Waals surface area contributed by atoms with E-state index in [1.807, 2.05) is 0 Å². The van der Waals surface area contributed by atoms with Crippen LogP contribution in [0.25, 0.3) is 0 Å². The van der Waals surface area contributed by atoms with Gasteiger partial charge < -0.3 is 10.1 Å². The molecule has 1 amide bonds. The Morgan fingerprint density at radius 3 is 2.06 bits per heavy atom. The van der Waals surface area contributed by atoms with Gasteiger partial charge in [0.15, 0.2) is 0 Å². The Morgan fingerprint density at radius 2 is 1.39 bits per heavy atom. The quantitative estimate of drug-likeness (QED) is 0.257. The van der Waals surface area contributed by atoms with E-state index in [2.05, 4.69) is 10.0 Å². The fourth-order valence-corrected chi connectivity index (χ4v) is 4.51. The monoisotopic (exact) mass is 548 g/mol. The highest BCUT2D eigenvalue weighted by atomic mass is 35.5. The minimum absolute atomic E-state index is 0.00595. The van der Waals surface area contributed by atoms with E-state index in [-0.39, 0.29) is 43.4 Å². The Hall–Kier alpha value is -3.66. The van der Waals surface area contributed by atoms with Crippen molar-refractivity contribution in [3.63, 3.8) is 0 Å². The zero-order chi connectivity index (χ0) is 25.9. The second-order valence-corrected chi connectivity index (χ2v) is 9.91. The summed E-state index contributed by atoms with van der Waals surface area (Å²) in [4.78, 5) is 12.9. The first-order valence-corrected chi connectivity index (χ1v) is 12.5. The van der Waals surface area contributed by atoms with Crippen LogP contribution in [0.2, 0.25) is 10.0 Å². The van der Waals surface area contributed by atoms with E-state index in [4.69, 9.17) is 27.9 Å². The van der Waals surface area contributed by atoms with E-state index in [0.29, 0.717) is 0 Å². The molecule has 0 aromatic heterocycles. The Labute approximate surface area is 215 Å². The van der Waals surface area contributed by atoms with Gasteiger partial charge in [-0.2, -0.15) is 0 Å². The van der Waals surface area contributed by atoms with Gasteiger partial charge in [0.1, 0.15) is 23.1 Å². The van der Waals surface area contributed by atoms with Gasteiger partial charge in [-0.05, 0) is 72.8 Å². The SMILES string of the molecule is O=C(Nc1cccc(S(=O)(=O)Nc2ccc(F)cc2)c1)c1cc(Cl)c(Cl)cc1Oc1ccc(F)cc1. The number of benzene rings is 4. The number of rotatable bonds is 7. The van der Waals surface area contributed by atoms with Crippen molar-refractivity contribution in [3.8, 4) is 11.5 Å². The topological polar surface area (TPSA) is 84.5 Å². The second kappa shape index (κ2) is 10.5. The Morgan fingerprint density at radius 1 is 0.778 bits per heavy atom. The number of ether oxygens (including phenoxy) is 1. The van der Waals surface area contributed by atoms with Gasteiger partial charge in [0, 0.05) is 17.4 Å². The summed E-state index contributed by atoms with van der Waals surface area (Å²) >= 11 is 12.2. The van der Waals surface area contributed by atoms with Crippen LogP contribution in [0.1, 0.15) is 10.4 Å². The molecule has 0 heterocycles.